The summed E-state index contributed by atoms with van der Waals surface area (Å²) in [6.07, 6.45) is 0.605. The van der Waals surface area contributed by atoms with Crippen LogP contribution in [0.3, 0.4) is 0 Å². The van der Waals surface area contributed by atoms with Gasteiger partial charge in [0.05, 0.1) is 0 Å². The van der Waals surface area contributed by atoms with Crippen LogP contribution in [0.4, 0.5) is 0 Å². The van der Waals surface area contributed by atoms with E-state index in [2.05, 4.69) is 0 Å². The summed E-state index contributed by atoms with van der Waals surface area (Å²) in [5.41, 5.74) is 7.81. The maximum absolute atomic E-state index is 6.39. The summed E-state index contributed by atoms with van der Waals surface area (Å²) >= 11 is 18.1. The monoisotopic (exact) mass is 313 g/mol. The van der Waals surface area contributed by atoms with E-state index in [-0.39, 0.29) is 0 Å². The molecule has 0 amide bonds. The first-order valence-electron chi connectivity index (χ1n) is 5.87. The normalized spacial score (nSPS) is 14.2. The third kappa shape index (κ3) is 3.64. The summed E-state index contributed by atoms with van der Waals surface area (Å²) < 4.78 is 0. The predicted octanol–water partition coefficient (Wildman–Crippen LogP) is 5.06. The van der Waals surface area contributed by atoms with Crippen LogP contribution in [-0.2, 0) is 12.0 Å². The van der Waals surface area contributed by atoms with E-state index in [1.165, 1.54) is 0 Å². The summed E-state index contributed by atoms with van der Waals surface area (Å²) in [7, 11) is 0. The van der Waals surface area contributed by atoms with Crippen molar-refractivity contribution in [2.75, 3.05) is 0 Å². The van der Waals surface area contributed by atoms with Crippen LogP contribution in [-0.4, -0.2) is 0 Å². The minimum Gasteiger partial charge on any atom is -0.321 e. The summed E-state index contributed by atoms with van der Waals surface area (Å²) in [5.74, 6) is 0. The van der Waals surface area contributed by atoms with E-state index >= 15 is 0 Å². The van der Waals surface area contributed by atoms with Gasteiger partial charge in [-0.25, -0.2) is 0 Å². The molecular formula is C15H14Cl3N. The molecular weight excluding hydrogens is 301 g/mol. The van der Waals surface area contributed by atoms with E-state index in [1.807, 2.05) is 37.3 Å². The summed E-state index contributed by atoms with van der Waals surface area (Å²) in [6.45, 7) is 1.97. The van der Waals surface area contributed by atoms with Crippen LogP contribution in [0.5, 0.6) is 0 Å². The molecule has 0 aliphatic carbocycles. The number of rotatable bonds is 3. The van der Waals surface area contributed by atoms with E-state index < -0.39 is 5.54 Å². The van der Waals surface area contributed by atoms with E-state index in [4.69, 9.17) is 40.5 Å². The van der Waals surface area contributed by atoms with Crippen molar-refractivity contribution < 1.29 is 0 Å². The first-order chi connectivity index (χ1) is 8.88. The highest BCUT2D eigenvalue weighted by Crippen LogP contribution is 2.29. The summed E-state index contributed by atoms with van der Waals surface area (Å²) in [6, 6.07) is 12.9. The Kier molecular flexibility index (Phi) is 4.42. The molecule has 1 atom stereocenters. The highest BCUT2D eigenvalue weighted by molar-refractivity contribution is 6.33. The lowest BCUT2D eigenvalue weighted by Crippen LogP contribution is -2.35. The van der Waals surface area contributed by atoms with Gasteiger partial charge in [0.25, 0.3) is 0 Å². The Morgan fingerprint density at radius 3 is 2.16 bits per heavy atom. The van der Waals surface area contributed by atoms with Crippen LogP contribution in [0, 0.1) is 0 Å². The van der Waals surface area contributed by atoms with Crippen molar-refractivity contribution >= 4 is 34.8 Å². The van der Waals surface area contributed by atoms with Crippen molar-refractivity contribution in [2.45, 2.75) is 18.9 Å². The SMILES string of the molecule is CC(N)(Cc1cc(Cl)ccc1Cl)c1ccc(Cl)cc1. The van der Waals surface area contributed by atoms with Crippen LogP contribution >= 0.6 is 34.8 Å². The number of hydrogen-bond donors (Lipinski definition) is 1. The lowest BCUT2D eigenvalue weighted by Gasteiger charge is -2.26. The molecule has 4 heteroatoms. The zero-order chi connectivity index (χ0) is 14.0. The van der Waals surface area contributed by atoms with Gasteiger partial charge in [-0.15, -0.1) is 0 Å². The first kappa shape index (κ1) is 14.7. The third-order valence-corrected chi connectivity index (χ3v) is 3.92. The molecule has 2 rings (SSSR count). The predicted molar refractivity (Wildman–Crippen MR) is 83.2 cm³/mol. The van der Waals surface area contributed by atoms with Crippen molar-refractivity contribution in [3.8, 4) is 0 Å². The molecule has 2 aromatic rings. The van der Waals surface area contributed by atoms with Gasteiger partial charge in [0.2, 0.25) is 0 Å². The Morgan fingerprint density at radius 2 is 1.53 bits per heavy atom. The van der Waals surface area contributed by atoms with Crippen LogP contribution in [0.1, 0.15) is 18.1 Å². The van der Waals surface area contributed by atoms with E-state index in [0.717, 1.165) is 11.1 Å². The average molecular weight is 315 g/mol. The molecule has 0 spiro atoms. The smallest absolute Gasteiger partial charge is 0.0439 e. The number of nitrogens with two attached hydrogens (primary N) is 1. The molecule has 0 bridgehead atoms. The molecule has 0 saturated heterocycles. The minimum atomic E-state index is -0.529. The second-order valence-electron chi connectivity index (χ2n) is 4.84. The summed E-state index contributed by atoms with van der Waals surface area (Å²) in [5, 5.41) is 2.03. The fourth-order valence-corrected chi connectivity index (χ4v) is 2.51. The first-order valence-corrected chi connectivity index (χ1v) is 7.01. The molecule has 0 saturated carbocycles. The molecule has 0 fully saturated rings. The van der Waals surface area contributed by atoms with Crippen LogP contribution < -0.4 is 5.73 Å². The molecule has 0 heterocycles. The molecule has 2 N–H and O–H groups in total. The van der Waals surface area contributed by atoms with Gasteiger partial charge < -0.3 is 5.73 Å². The number of hydrogen-bond acceptors (Lipinski definition) is 1. The highest BCUT2D eigenvalue weighted by atomic mass is 35.5. The van der Waals surface area contributed by atoms with Crippen LogP contribution in [0.2, 0.25) is 15.1 Å². The third-order valence-electron chi connectivity index (χ3n) is 3.07. The zero-order valence-corrected chi connectivity index (χ0v) is 12.7. The van der Waals surface area contributed by atoms with Crippen LogP contribution in [0.15, 0.2) is 42.5 Å². The zero-order valence-electron chi connectivity index (χ0n) is 10.5. The van der Waals surface area contributed by atoms with Gasteiger partial charge in [0, 0.05) is 20.6 Å². The maximum atomic E-state index is 6.39. The molecule has 2 aromatic carbocycles. The van der Waals surface area contributed by atoms with Crippen molar-refractivity contribution in [3.05, 3.63) is 68.7 Å². The molecule has 1 nitrogen and oxygen atoms in total. The van der Waals surface area contributed by atoms with Crippen molar-refractivity contribution in [2.24, 2.45) is 5.73 Å². The van der Waals surface area contributed by atoms with Gasteiger partial charge in [-0.05, 0) is 54.8 Å². The second kappa shape index (κ2) is 5.72. The van der Waals surface area contributed by atoms with Gasteiger partial charge >= 0.3 is 0 Å². The average Bonchev–Trinajstić information content (AvgIpc) is 2.34. The van der Waals surface area contributed by atoms with Crippen molar-refractivity contribution in [3.63, 3.8) is 0 Å². The van der Waals surface area contributed by atoms with E-state index in [1.54, 1.807) is 12.1 Å². The van der Waals surface area contributed by atoms with Crippen molar-refractivity contribution in [1.29, 1.82) is 0 Å². The van der Waals surface area contributed by atoms with Gasteiger partial charge in [-0.1, -0.05) is 46.9 Å². The minimum absolute atomic E-state index is 0.529. The fraction of sp³-hybridized carbons (Fsp3) is 0.200. The van der Waals surface area contributed by atoms with Gasteiger partial charge in [-0.3, -0.25) is 0 Å². The van der Waals surface area contributed by atoms with Gasteiger partial charge in [-0.2, -0.15) is 0 Å². The Bertz CT molecular complexity index is 576. The van der Waals surface area contributed by atoms with E-state index in [9.17, 15) is 0 Å². The molecule has 19 heavy (non-hydrogen) atoms. The standard InChI is InChI=1S/C15H14Cl3N/c1-15(19,11-2-4-12(16)5-3-11)9-10-8-13(17)6-7-14(10)18/h2-8H,9,19H2,1H3. The molecule has 100 valence electrons. The Hall–Kier alpha value is -0.730. The summed E-state index contributed by atoms with van der Waals surface area (Å²) in [4.78, 5) is 0. The molecule has 0 radical (unpaired) electrons. The lowest BCUT2D eigenvalue weighted by atomic mass is 9.86. The highest BCUT2D eigenvalue weighted by Gasteiger charge is 2.23. The lowest BCUT2D eigenvalue weighted by molar-refractivity contribution is 0.491. The largest absolute Gasteiger partial charge is 0.321 e. The Morgan fingerprint density at radius 1 is 0.947 bits per heavy atom. The van der Waals surface area contributed by atoms with Gasteiger partial charge in [0.1, 0.15) is 0 Å². The van der Waals surface area contributed by atoms with Crippen molar-refractivity contribution in [1.82, 2.24) is 0 Å². The quantitative estimate of drug-likeness (QED) is 0.841. The molecule has 0 aliphatic heterocycles. The second-order valence-corrected chi connectivity index (χ2v) is 6.12. The fourth-order valence-electron chi connectivity index (χ4n) is 2.01. The number of halogens is 3. The maximum Gasteiger partial charge on any atom is 0.0439 e. The Labute approximate surface area is 128 Å². The molecule has 0 aromatic heterocycles. The molecule has 0 aliphatic rings. The van der Waals surface area contributed by atoms with E-state index in [0.29, 0.717) is 21.5 Å². The van der Waals surface area contributed by atoms with Gasteiger partial charge in [0.15, 0.2) is 0 Å². The Balaban J connectivity index is 2.30. The molecule has 1 unspecified atom stereocenters. The topological polar surface area (TPSA) is 26.0 Å². The van der Waals surface area contributed by atoms with Crippen LogP contribution in [0.25, 0.3) is 0 Å². The number of benzene rings is 2.